The van der Waals surface area contributed by atoms with Crippen LogP contribution in [0.25, 0.3) is 0 Å². The van der Waals surface area contributed by atoms with Crippen molar-refractivity contribution in [2.45, 2.75) is 13.3 Å². The summed E-state index contributed by atoms with van der Waals surface area (Å²) in [5.41, 5.74) is 6.64. The maximum Gasteiger partial charge on any atom is 0.251 e. The number of hydrogen-bond donors (Lipinski definition) is 2. The molecular weight excluding hydrogens is 164 g/mol. The molecule has 1 radical (unpaired) electrons. The van der Waals surface area contributed by atoms with Gasteiger partial charge in [0.1, 0.15) is 0 Å². The summed E-state index contributed by atoms with van der Waals surface area (Å²) in [5.74, 6) is -0.0922. The third-order valence-electron chi connectivity index (χ3n) is 1.61. The Labute approximate surface area is 77.9 Å². The highest BCUT2D eigenvalue weighted by Crippen LogP contribution is 2.05. The van der Waals surface area contributed by atoms with Crippen LogP contribution in [-0.4, -0.2) is 12.5 Å². The lowest BCUT2D eigenvalue weighted by molar-refractivity contribution is 0.0953. The van der Waals surface area contributed by atoms with Crippen molar-refractivity contribution in [3.63, 3.8) is 0 Å². The second-order valence-electron chi connectivity index (χ2n) is 2.81. The highest BCUT2D eigenvalue weighted by Gasteiger charge is 2.03. The Morgan fingerprint density at radius 2 is 2.38 bits per heavy atom. The van der Waals surface area contributed by atoms with E-state index in [1.54, 1.807) is 18.2 Å². The number of benzene rings is 1. The summed E-state index contributed by atoms with van der Waals surface area (Å²) in [4.78, 5) is 11.4. The first-order valence-corrected chi connectivity index (χ1v) is 4.29. The van der Waals surface area contributed by atoms with Gasteiger partial charge in [0.25, 0.3) is 5.91 Å². The lowest BCUT2D eigenvalue weighted by atomic mass is 10.2. The number of carbonyl (C=O) groups excluding carboxylic acids is 1. The molecule has 3 N–H and O–H groups in total. The van der Waals surface area contributed by atoms with Crippen LogP contribution in [0.1, 0.15) is 23.7 Å². The molecule has 1 aromatic carbocycles. The van der Waals surface area contributed by atoms with Gasteiger partial charge >= 0.3 is 0 Å². The zero-order valence-corrected chi connectivity index (χ0v) is 7.63. The summed E-state index contributed by atoms with van der Waals surface area (Å²) in [5, 5.41) is 2.76. The molecule has 0 aliphatic carbocycles. The van der Waals surface area contributed by atoms with E-state index in [9.17, 15) is 4.79 Å². The average molecular weight is 177 g/mol. The van der Waals surface area contributed by atoms with Gasteiger partial charge in [-0.05, 0) is 30.7 Å². The number of nitrogen functional groups attached to an aromatic ring is 1. The molecule has 0 spiro atoms. The molecule has 13 heavy (non-hydrogen) atoms. The van der Waals surface area contributed by atoms with Crippen LogP contribution in [0, 0.1) is 6.07 Å². The van der Waals surface area contributed by atoms with Crippen LogP contribution >= 0.6 is 0 Å². The first kappa shape index (κ1) is 9.58. The van der Waals surface area contributed by atoms with Crippen LogP contribution in [0.15, 0.2) is 18.2 Å². The minimum absolute atomic E-state index is 0.0922. The van der Waals surface area contributed by atoms with Crippen molar-refractivity contribution in [1.82, 2.24) is 5.32 Å². The van der Waals surface area contributed by atoms with E-state index in [1.165, 1.54) is 0 Å². The summed E-state index contributed by atoms with van der Waals surface area (Å²) >= 11 is 0. The van der Waals surface area contributed by atoms with Gasteiger partial charge in [0, 0.05) is 17.8 Å². The fourth-order valence-electron chi connectivity index (χ4n) is 0.962. The predicted octanol–water partition coefficient (Wildman–Crippen LogP) is 1.21. The second kappa shape index (κ2) is 4.50. The van der Waals surface area contributed by atoms with E-state index >= 15 is 0 Å². The number of nitrogens with two attached hydrogens (primary N) is 1. The lowest BCUT2D eigenvalue weighted by Crippen LogP contribution is -2.23. The second-order valence-corrected chi connectivity index (χ2v) is 2.81. The Kier molecular flexibility index (Phi) is 3.31. The molecule has 1 aromatic rings. The Hall–Kier alpha value is -1.51. The number of hydrogen-bond acceptors (Lipinski definition) is 2. The molecule has 69 valence electrons. The van der Waals surface area contributed by atoms with Crippen LogP contribution in [-0.2, 0) is 0 Å². The van der Waals surface area contributed by atoms with E-state index in [4.69, 9.17) is 5.73 Å². The van der Waals surface area contributed by atoms with Gasteiger partial charge in [-0.3, -0.25) is 4.79 Å². The van der Waals surface area contributed by atoms with Gasteiger partial charge < -0.3 is 11.1 Å². The summed E-state index contributed by atoms with van der Waals surface area (Å²) in [7, 11) is 0. The van der Waals surface area contributed by atoms with Gasteiger partial charge in [0.05, 0.1) is 0 Å². The molecule has 0 aromatic heterocycles. The maximum atomic E-state index is 11.4. The molecule has 0 aliphatic heterocycles. The zero-order valence-electron chi connectivity index (χ0n) is 7.63. The lowest BCUT2D eigenvalue weighted by Gasteiger charge is -2.03. The van der Waals surface area contributed by atoms with Crippen molar-refractivity contribution in [3.05, 3.63) is 29.8 Å². The minimum Gasteiger partial charge on any atom is -0.399 e. The summed E-state index contributed by atoms with van der Waals surface area (Å²) < 4.78 is 0. The van der Waals surface area contributed by atoms with Crippen LogP contribution in [0.4, 0.5) is 5.69 Å². The summed E-state index contributed by atoms with van der Waals surface area (Å²) in [6.07, 6.45) is 0.928. The number of amides is 1. The average Bonchev–Trinajstić information content (AvgIpc) is 2.14. The smallest absolute Gasteiger partial charge is 0.251 e. The fourth-order valence-corrected chi connectivity index (χ4v) is 0.962. The molecule has 1 amide bonds. The molecule has 0 fully saturated rings. The standard InChI is InChI=1S/C10H13N2O/c1-2-6-12-10(13)8-4-3-5-9(11)7-8/h4-5,7H,2,6,11H2,1H3,(H,12,13). The molecule has 0 aliphatic rings. The Balaban J connectivity index is 2.66. The predicted molar refractivity (Wildman–Crippen MR) is 52.3 cm³/mol. The number of carbonyl (C=O) groups is 1. The van der Waals surface area contributed by atoms with Gasteiger partial charge in [-0.15, -0.1) is 0 Å². The number of anilines is 1. The van der Waals surface area contributed by atoms with E-state index in [-0.39, 0.29) is 5.91 Å². The van der Waals surface area contributed by atoms with E-state index in [0.29, 0.717) is 17.8 Å². The third kappa shape index (κ3) is 2.78. The monoisotopic (exact) mass is 177 g/mol. The first-order valence-electron chi connectivity index (χ1n) is 4.29. The highest BCUT2D eigenvalue weighted by atomic mass is 16.1. The molecule has 0 unspecified atom stereocenters. The fraction of sp³-hybridized carbons (Fsp3) is 0.300. The van der Waals surface area contributed by atoms with Crippen LogP contribution in [0.2, 0.25) is 0 Å². The topological polar surface area (TPSA) is 55.1 Å². The third-order valence-corrected chi connectivity index (χ3v) is 1.61. The molecule has 3 heteroatoms. The van der Waals surface area contributed by atoms with E-state index in [1.807, 2.05) is 6.92 Å². The largest absolute Gasteiger partial charge is 0.399 e. The van der Waals surface area contributed by atoms with Gasteiger partial charge in [-0.25, -0.2) is 0 Å². The van der Waals surface area contributed by atoms with Crippen molar-refractivity contribution in [2.24, 2.45) is 0 Å². The quantitative estimate of drug-likeness (QED) is 0.682. The number of rotatable bonds is 3. The van der Waals surface area contributed by atoms with Crippen molar-refractivity contribution in [1.29, 1.82) is 0 Å². The SMILES string of the molecule is CCCNC(=O)c1c[c]cc(N)c1. The maximum absolute atomic E-state index is 11.4. The molecule has 3 nitrogen and oxygen atoms in total. The summed E-state index contributed by atoms with van der Waals surface area (Å²) in [6.45, 7) is 2.69. The van der Waals surface area contributed by atoms with Crippen molar-refractivity contribution >= 4 is 11.6 Å². The Morgan fingerprint density at radius 1 is 1.62 bits per heavy atom. The molecule has 0 atom stereocenters. The molecule has 0 saturated carbocycles. The minimum atomic E-state index is -0.0922. The van der Waals surface area contributed by atoms with Crippen LogP contribution < -0.4 is 11.1 Å². The molecular formula is C10H13N2O. The van der Waals surface area contributed by atoms with Crippen molar-refractivity contribution in [3.8, 4) is 0 Å². The number of nitrogens with one attached hydrogen (secondary N) is 1. The van der Waals surface area contributed by atoms with Gasteiger partial charge in [-0.1, -0.05) is 6.92 Å². The van der Waals surface area contributed by atoms with Gasteiger partial charge in [-0.2, -0.15) is 0 Å². The van der Waals surface area contributed by atoms with E-state index < -0.39 is 0 Å². The first-order chi connectivity index (χ1) is 6.24. The molecule has 0 heterocycles. The van der Waals surface area contributed by atoms with Crippen LogP contribution in [0.5, 0.6) is 0 Å². The molecule has 0 bridgehead atoms. The van der Waals surface area contributed by atoms with Gasteiger partial charge in [0.2, 0.25) is 0 Å². The highest BCUT2D eigenvalue weighted by molar-refractivity contribution is 5.94. The van der Waals surface area contributed by atoms with Crippen LogP contribution in [0.3, 0.4) is 0 Å². The molecule has 1 rings (SSSR count). The van der Waals surface area contributed by atoms with Gasteiger partial charge in [0.15, 0.2) is 0 Å². The molecule has 0 saturated heterocycles. The van der Waals surface area contributed by atoms with E-state index in [0.717, 1.165) is 6.42 Å². The normalized spacial score (nSPS) is 9.62. The zero-order chi connectivity index (χ0) is 9.68. The van der Waals surface area contributed by atoms with Crippen molar-refractivity contribution < 1.29 is 4.79 Å². The summed E-state index contributed by atoms with van der Waals surface area (Å²) in [6, 6.07) is 7.70. The van der Waals surface area contributed by atoms with E-state index in [2.05, 4.69) is 11.4 Å². The Bertz CT molecular complexity index is 297. The Morgan fingerprint density at radius 3 is 3.00 bits per heavy atom. The van der Waals surface area contributed by atoms with Crippen molar-refractivity contribution in [2.75, 3.05) is 12.3 Å².